The van der Waals surface area contributed by atoms with Crippen molar-refractivity contribution in [1.82, 2.24) is 24.8 Å². The van der Waals surface area contributed by atoms with Gasteiger partial charge in [0.1, 0.15) is 29.8 Å². The second-order valence-electron chi connectivity index (χ2n) is 10.4. The molecule has 196 valence electrons. The maximum Gasteiger partial charge on any atom is 0.258 e. The fraction of sp³-hybridized carbons (Fsp3) is 0.519. The zero-order valence-corrected chi connectivity index (χ0v) is 21.5. The summed E-state index contributed by atoms with van der Waals surface area (Å²) in [5.41, 5.74) is 1.85. The van der Waals surface area contributed by atoms with Gasteiger partial charge in [0, 0.05) is 57.9 Å². The Balaban J connectivity index is 1.46. The van der Waals surface area contributed by atoms with Gasteiger partial charge >= 0.3 is 0 Å². The van der Waals surface area contributed by atoms with Gasteiger partial charge in [0.15, 0.2) is 5.65 Å². The summed E-state index contributed by atoms with van der Waals surface area (Å²) in [5.74, 6) is 1.66. The number of piperidine rings is 1. The van der Waals surface area contributed by atoms with E-state index in [0.717, 1.165) is 68.4 Å². The lowest BCUT2D eigenvalue weighted by atomic mass is 9.98. The SMILES string of the molecule is CC1COc2ccc(F)cc2C(=O)N2CCCCC2c2cc3nc(N4CCC4)cc(n3n2)N(C)CCN1. The van der Waals surface area contributed by atoms with Crippen molar-refractivity contribution >= 4 is 23.2 Å². The molecule has 0 radical (unpaired) electrons. The molecule has 2 fully saturated rings. The van der Waals surface area contributed by atoms with Crippen LogP contribution in [-0.4, -0.2) is 77.8 Å². The second-order valence-corrected chi connectivity index (χ2v) is 10.4. The van der Waals surface area contributed by atoms with Crippen LogP contribution in [-0.2, 0) is 0 Å². The number of carbonyl (C=O) groups excluding carboxylic acids is 1. The van der Waals surface area contributed by atoms with Crippen LogP contribution in [0, 0.1) is 5.82 Å². The molecule has 1 N–H and O–H groups in total. The Morgan fingerprint density at radius 2 is 1.95 bits per heavy atom. The van der Waals surface area contributed by atoms with Gasteiger partial charge in [-0.3, -0.25) is 4.79 Å². The summed E-state index contributed by atoms with van der Waals surface area (Å²) in [6.07, 6.45) is 3.87. The third-order valence-electron chi connectivity index (χ3n) is 7.69. The molecule has 9 nitrogen and oxygen atoms in total. The Labute approximate surface area is 216 Å². The molecule has 2 bridgehead atoms. The minimum atomic E-state index is -0.451. The van der Waals surface area contributed by atoms with Crippen molar-refractivity contribution in [1.29, 1.82) is 0 Å². The number of anilines is 2. The average molecular weight is 508 g/mol. The Hall–Kier alpha value is -3.40. The molecule has 2 aromatic heterocycles. The van der Waals surface area contributed by atoms with E-state index < -0.39 is 5.82 Å². The average Bonchev–Trinajstić information content (AvgIpc) is 3.29. The quantitative estimate of drug-likeness (QED) is 0.542. The van der Waals surface area contributed by atoms with E-state index in [2.05, 4.69) is 28.2 Å². The zero-order valence-electron chi connectivity index (χ0n) is 21.5. The first-order valence-corrected chi connectivity index (χ1v) is 13.3. The summed E-state index contributed by atoms with van der Waals surface area (Å²) in [4.78, 5) is 25.1. The molecule has 6 rings (SSSR count). The van der Waals surface area contributed by atoms with Gasteiger partial charge in [0.25, 0.3) is 5.91 Å². The number of carbonyl (C=O) groups is 1. The van der Waals surface area contributed by atoms with Crippen LogP contribution < -0.4 is 19.9 Å². The number of likely N-dealkylation sites (N-methyl/N-ethyl adjacent to an activating group) is 1. The third-order valence-corrected chi connectivity index (χ3v) is 7.69. The molecule has 3 aromatic rings. The summed E-state index contributed by atoms with van der Waals surface area (Å²) < 4.78 is 22.3. The molecule has 10 heteroatoms. The number of ether oxygens (including phenoxy) is 1. The number of fused-ring (bicyclic) bond motifs is 4. The third kappa shape index (κ3) is 4.58. The van der Waals surface area contributed by atoms with Crippen LogP contribution in [0.4, 0.5) is 16.0 Å². The number of amides is 1. The van der Waals surface area contributed by atoms with E-state index in [1.807, 2.05) is 22.4 Å². The normalized spacial score (nSPS) is 23.0. The summed E-state index contributed by atoms with van der Waals surface area (Å²) in [6, 6.07) is 8.16. The highest BCUT2D eigenvalue weighted by Crippen LogP contribution is 2.35. The second kappa shape index (κ2) is 9.81. The van der Waals surface area contributed by atoms with E-state index in [1.165, 1.54) is 18.6 Å². The van der Waals surface area contributed by atoms with Crippen molar-refractivity contribution in [2.45, 2.75) is 44.7 Å². The van der Waals surface area contributed by atoms with Crippen molar-refractivity contribution in [3.05, 3.63) is 47.4 Å². The molecule has 0 spiro atoms. The van der Waals surface area contributed by atoms with Gasteiger partial charge in [0.05, 0.1) is 17.3 Å². The number of hydrogen-bond donors (Lipinski definition) is 1. The first-order valence-electron chi connectivity index (χ1n) is 13.3. The van der Waals surface area contributed by atoms with E-state index in [0.29, 0.717) is 18.9 Å². The molecular weight excluding hydrogens is 473 g/mol. The molecular formula is C27H34FN7O2. The number of rotatable bonds is 1. The monoisotopic (exact) mass is 507 g/mol. The van der Waals surface area contributed by atoms with Gasteiger partial charge in [-0.25, -0.2) is 9.37 Å². The lowest BCUT2D eigenvalue weighted by Gasteiger charge is -2.35. The van der Waals surface area contributed by atoms with Gasteiger partial charge in [-0.1, -0.05) is 0 Å². The minimum absolute atomic E-state index is 0.0439. The van der Waals surface area contributed by atoms with Crippen molar-refractivity contribution in [2.24, 2.45) is 0 Å². The Bertz CT molecular complexity index is 1310. The van der Waals surface area contributed by atoms with Gasteiger partial charge in [0.2, 0.25) is 0 Å². The van der Waals surface area contributed by atoms with E-state index in [4.69, 9.17) is 14.8 Å². The molecule has 2 atom stereocenters. The van der Waals surface area contributed by atoms with Crippen molar-refractivity contribution in [2.75, 3.05) is 56.2 Å². The highest BCUT2D eigenvalue weighted by molar-refractivity contribution is 5.97. The Morgan fingerprint density at radius 3 is 2.76 bits per heavy atom. The number of aromatic nitrogens is 3. The van der Waals surface area contributed by atoms with Crippen LogP contribution >= 0.6 is 0 Å². The summed E-state index contributed by atoms with van der Waals surface area (Å²) in [7, 11) is 2.07. The lowest BCUT2D eigenvalue weighted by Crippen LogP contribution is -2.40. The number of nitrogens with zero attached hydrogens (tertiary/aromatic N) is 6. The molecule has 1 amide bonds. The predicted octanol–water partition coefficient (Wildman–Crippen LogP) is 3.25. The van der Waals surface area contributed by atoms with Crippen molar-refractivity contribution in [3.8, 4) is 5.75 Å². The van der Waals surface area contributed by atoms with E-state index >= 15 is 0 Å². The predicted molar refractivity (Wildman–Crippen MR) is 140 cm³/mol. The van der Waals surface area contributed by atoms with E-state index in [-0.39, 0.29) is 23.6 Å². The van der Waals surface area contributed by atoms with Crippen molar-refractivity contribution < 1.29 is 13.9 Å². The standard InChI is InChI=1S/C27H34FN7O2/c1-18-17-37-23-8-7-19(28)14-20(23)27(36)34-12-4-3-6-22(34)21-15-25-30-24(33-10-5-11-33)16-26(35(25)31-21)32(2)13-9-29-18/h7-8,14-16,18,22,29H,3-6,9-13,17H2,1-2H3. The number of benzene rings is 1. The van der Waals surface area contributed by atoms with Crippen LogP contribution in [0.5, 0.6) is 5.75 Å². The summed E-state index contributed by atoms with van der Waals surface area (Å²) in [6.45, 7) is 6.53. The zero-order chi connectivity index (χ0) is 25.5. The maximum atomic E-state index is 14.3. The molecule has 0 aliphatic carbocycles. The summed E-state index contributed by atoms with van der Waals surface area (Å²) in [5, 5.41) is 8.49. The van der Waals surface area contributed by atoms with E-state index in [1.54, 1.807) is 6.07 Å². The molecule has 5 heterocycles. The highest BCUT2D eigenvalue weighted by atomic mass is 19.1. The molecule has 3 aliphatic heterocycles. The van der Waals surface area contributed by atoms with Gasteiger partial charge in [-0.2, -0.15) is 9.61 Å². The van der Waals surface area contributed by atoms with Crippen LogP contribution in [0.3, 0.4) is 0 Å². The number of halogens is 1. The smallest absolute Gasteiger partial charge is 0.258 e. The fourth-order valence-electron chi connectivity index (χ4n) is 5.40. The van der Waals surface area contributed by atoms with E-state index in [9.17, 15) is 9.18 Å². The van der Waals surface area contributed by atoms with Gasteiger partial charge < -0.3 is 24.8 Å². The molecule has 37 heavy (non-hydrogen) atoms. The topological polar surface area (TPSA) is 78.2 Å². The Morgan fingerprint density at radius 1 is 1.08 bits per heavy atom. The number of hydrogen-bond acceptors (Lipinski definition) is 7. The largest absolute Gasteiger partial charge is 0.491 e. The van der Waals surface area contributed by atoms with Gasteiger partial charge in [-0.15, -0.1) is 0 Å². The Kier molecular flexibility index (Phi) is 6.36. The number of nitrogens with one attached hydrogen (secondary N) is 1. The molecule has 1 aromatic carbocycles. The highest BCUT2D eigenvalue weighted by Gasteiger charge is 2.33. The van der Waals surface area contributed by atoms with Crippen LogP contribution in [0.25, 0.3) is 5.65 Å². The molecule has 3 aliphatic rings. The van der Waals surface area contributed by atoms with Crippen LogP contribution in [0.15, 0.2) is 30.3 Å². The first kappa shape index (κ1) is 24.0. The fourth-order valence-corrected chi connectivity index (χ4v) is 5.40. The van der Waals surface area contributed by atoms with Crippen LogP contribution in [0.1, 0.15) is 54.7 Å². The lowest BCUT2D eigenvalue weighted by molar-refractivity contribution is 0.0600. The maximum absolute atomic E-state index is 14.3. The molecule has 0 saturated carbocycles. The molecule has 2 saturated heterocycles. The first-order chi connectivity index (χ1) is 18.0. The van der Waals surface area contributed by atoms with Crippen molar-refractivity contribution in [3.63, 3.8) is 0 Å². The molecule has 2 unspecified atom stereocenters. The van der Waals surface area contributed by atoms with Crippen LogP contribution in [0.2, 0.25) is 0 Å². The minimum Gasteiger partial charge on any atom is -0.491 e. The summed E-state index contributed by atoms with van der Waals surface area (Å²) >= 11 is 0. The van der Waals surface area contributed by atoms with Gasteiger partial charge in [-0.05, 0) is 50.8 Å².